The van der Waals surface area contributed by atoms with Crippen LogP contribution in [0.1, 0.15) is 19.0 Å². The molecular formula is C16H19F3N4O3. The second kappa shape index (κ2) is 5.70. The first-order valence-corrected chi connectivity index (χ1v) is 8.53. The molecule has 0 aromatic carbocycles. The lowest BCUT2D eigenvalue weighted by Crippen LogP contribution is -2.59. The Hall–Kier alpha value is -2.10. The number of aliphatic hydroxyl groups is 1. The highest BCUT2D eigenvalue weighted by Crippen LogP contribution is 2.54. The summed E-state index contributed by atoms with van der Waals surface area (Å²) in [5, 5.41) is 18.5. The molecule has 0 unspecified atom stereocenters. The number of nitrogens with zero attached hydrogens (tertiary/aromatic N) is 4. The molecular weight excluding hydrogens is 353 g/mol. The molecule has 1 aliphatic carbocycles. The maximum Gasteiger partial charge on any atom is 0.433 e. The molecule has 0 spiro atoms. The molecule has 3 fully saturated rings. The zero-order chi connectivity index (χ0) is 18.8. The van der Waals surface area contributed by atoms with Crippen molar-refractivity contribution in [2.24, 2.45) is 17.8 Å². The molecule has 10 heteroatoms. The van der Waals surface area contributed by atoms with Crippen molar-refractivity contribution in [1.29, 1.82) is 0 Å². The van der Waals surface area contributed by atoms with Gasteiger partial charge in [-0.1, -0.05) is 0 Å². The van der Waals surface area contributed by atoms with Gasteiger partial charge in [-0.05, 0) is 24.7 Å². The summed E-state index contributed by atoms with van der Waals surface area (Å²) in [5.74, 6) is -0.164. The summed E-state index contributed by atoms with van der Waals surface area (Å²) in [6, 6.07) is 0.611. The average molecular weight is 372 g/mol. The fourth-order valence-corrected chi connectivity index (χ4v) is 4.05. The highest BCUT2D eigenvalue weighted by atomic mass is 19.4. The quantitative estimate of drug-likeness (QED) is 0.821. The Morgan fingerprint density at radius 2 is 1.92 bits per heavy atom. The van der Waals surface area contributed by atoms with E-state index in [4.69, 9.17) is 5.11 Å². The molecule has 2 N–H and O–H groups in total. The second-order valence-corrected chi connectivity index (χ2v) is 7.36. The number of aliphatic hydroxyl groups excluding tert-OH is 1. The number of hydrogen-bond donors (Lipinski definition) is 2. The predicted octanol–water partition coefficient (Wildman–Crippen LogP) is 1.22. The lowest BCUT2D eigenvalue weighted by Gasteiger charge is -2.43. The Balaban J connectivity index is 1.56. The molecule has 26 heavy (non-hydrogen) atoms. The Labute approximate surface area is 147 Å². The molecule has 1 aromatic rings. The fraction of sp³-hybridized carbons (Fsp3) is 0.688. The Morgan fingerprint density at radius 3 is 2.42 bits per heavy atom. The first kappa shape index (κ1) is 17.3. The number of aromatic nitrogens is 2. The van der Waals surface area contributed by atoms with Crippen molar-refractivity contribution < 1.29 is 28.2 Å². The molecule has 142 valence electrons. The summed E-state index contributed by atoms with van der Waals surface area (Å²) in [5.41, 5.74) is -1.01. The number of anilines is 2. The van der Waals surface area contributed by atoms with Gasteiger partial charge in [0.15, 0.2) is 5.69 Å². The molecule has 2 aliphatic heterocycles. The van der Waals surface area contributed by atoms with Crippen molar-refractivity contribution in [1.82, 2.24) is 9.97 Å². The van der Waals surface area contributed by atoms with Crippen LogP contribution in [-0.2, 0) is 11.0 Å². The van der Waals surface area contributed by atoms with Crippen LogP contribution in [0, 0.1) is 17.8 Å². The molecule has 2 saturated heterocycles. The summed E-state index contributed by atoms with van der Waals surface area (Å²) in [7, 11) is 0. The van der Waals surface area contributed by atoms with Gasteiger partial charge in [-0.3, -0.25) is 4.79 Å². The number of piperidine rings is 1. The van der Waals surface area contributed by atoms with Gasteiger partial charge in [0.2, 0.25) is 5.95 Å². The lowest BCUT2D eigenvalue weighted by atomic mass is 10.0. The fourth-order valence-electron chi connectivity index (χ4n) is 4.05. The number of β-amino-alcohol motifs (C(OH)–C–C–N with tert-alkyl or cyclic N) is 1. The van der Waals surface area contributed by atoms with Crippen molar-refractivity contribution in [3.05, 3.63) is 11.8 Å². The largest absolute Gasteiger partial charge is 0.481 e. The molecule has 0 bridgehead atoms. The zero-order valence-corrected chi connectivity index (χ0v) is 14.0. The molecule has 1 aromatic heterocycles. The minimum Gasteiger partial charge on any atom is -0.481 e. The Kier molecular flexibility index (Phi) is 3.80. The van der Waals surface area contributed by atoms with Crippen molar-refractivity contribution in [3.63, 3.8) is 0 Å². The second-order valence-electron chi connectivity index (χ2n) is 7.36. The van der Waals surface area contributed by atoms with E-state index >= 15 is 0 Å². The Bertz CT molecular complexity index is 732. The maximum absolute atomic E-state index is 13.2. The van der Waals surface area contributed by atoms with E-state index in [1.807, 2.05) is 0 Å². The smallest absolute Gasteiger partial charge is 0.433 e. The first-order chi connectivity index (χ1) is 12.1. The highest BCUT2D eigenvalue weighted by Gasteiger charge is 2.56. The van der Waals surface area contributed by atoms with Gasteiger partial charge in [0, 0.05) is 32.1 Å². The third-order valence-corrected chi connectivity index (χ3v) is 5.79. The minimum absolute atomic E-state index is 0.0321. The highest BCUT2D eigenvalue weighted by molar-refractivity contribution is 5.68. The Morgan fingerprint density at radius 1 is 1.27 bits per heavy atom. The summed E-state index contributed by atoms with van der Waals surface area (Å²) in [6.45, 7) is 2.93. The number of carboxylic acid groups (broad SMARTS) is 1. The number of hydrogen-bond acceptors (Lipinski definition) is 6. The molecule has 0 radical (unpaired) electrons. The van der Waals surface area contributed by atoms with Crippen LogP contribution in [0.3, 0.4) is 0 Å². The third-order valence-electron chi connectivity index (χ3n) is 5.79. The monoisotopic (exact) mass is 372 g/mol. The maximum atomic E-state index is 13.2. The minimum atomic E-state index is -4.59. The van der Waals surface area contributed by atoms with Crippen molar-refractivity contribution >= 4 is 17.7 Å². The molecule has 7 nitrogen and oxygen atoms in total. The normalized spacial score (nSPS) is 33.0. The summed E-state index contributed by atoms with van der Waals surface area (Å²) >= 11 is 0. The van der Waals surface area contributed by atoms with Crippen LogP contribution in [0.5, 0.6) is 0 Å². The van der Waals surface area contributed by atoms with E-state index in [-0.39, 0.29) is 48.5 Å². The van der Waals surface area contributed by atoms with Gasteiger partial charge >= 0.3 is 12.1 Å². The average Bonchev–Trinajstić information content (AvgIpc) is 3.00. The number of halogens is 3. The topological polar surface area (TPSA) is 89.8 Å². The molecule has 0 amide bonds. The summed E-state index contributed by atoms with van der Waals surface area (Å²) in [4.78, 5) is 22.1. The predicted molar refractivity (Wildman–Crippen MR) is 84.8 cm³/mol. The van der Waals surface area contributed by atoms with Crippen LogP contribution in [0.4, 0.5) is 24.9 Å². The van der Waals surface area contributed by atoms with Gasteiger partial charge in [-0.2, -0.15) is 18.2 Å². The molecule has 4 rings (SSSR count). The summed E-state index contributed by atoms with van der Waals surface area (Å²) in [6.07, 6.45) is -5.09. The lowest BCUT2D eigenvalue weighted by molar-refractivity contribution is -0.141. The van der Waals surface area contributed by atoms with Crippen molar-refractivity contribution in [3.8, 4) is 0 Å². The van der Waals surface area contributed by atoms with Gasteiger partial charge in [0.25, 0.3) is 0 Å². The van der Waals surface area contributed by atoms with E-state index in [9.17, 15) is 23.1 Å². The SMILES string of the molecule is C[C@H]1[C@H](O)CN1c1nc(N2C[C@@H]3[C@H](CC(=O)O)[C@@H]3C2)cc(C(F)(F)F)n1. The standard InChI is InChI=1S/C16H19F3N4O3/c1-7-11(24)6-23(7)15-20-12(16(17,18)19)3-13(21-15)22-4-9-8(2-14(25)26)10(9)5-22/h3,7-11,24H,2,4-6H2,1H3,(H,25,26)/t7-,8-,9+,10-,11+/m0/s1. The van der Waals surface area contributed by atoms with Gasteiger partial charge < -0.3 is 20.0 Å². The van der Waals surface area contributed by atoms with Crippen LogP contribution < -0.4 is 9.80 Å². The number of aliphatic carboxylic acids is 1. The molecule has 5 atom stereocenters. The van der Waals surface area contributed by atoms with Crippen LogP contribution in [0.2, 0.25) is 0 Å². The number of carbonyl (C=O) groups is 1. The van der Waals surface area contributed by atoms with Crippen molar-refractivity contribution in [2.75, 3.05) is 29.4 Å². The van der Waals surface area contributed by atoms with E-state index in [1.54, 1.807) is 16.7 Å². The van der Waals surface area contributed by atoms with Crippen LogP contribution in [0.25, 0.3) is 0 Å². The van der Waals surface area contributed by atoms with Gasteiger partial charge in [0.05, 0.1) is 12.1 Å². The zero-order valence-electron chi connectivity index (χ0n) is 14.0. The van der Waals surface area contributed by atoms with Gasteiger partial charge in [0.1, 0.15) is 5.82 Å². The van der Waals surface area contributed by atoms with E-state index in [0.29, 0.717) is 13.1 Å². The van der Waals surface area contributed by atoms with Crippen molar-refractivity contribution in [2.45, 2.75) is 31.7 Å². The van der Waals surface area contributed by atoms with Gasteiger partial charge in [-0.15, -0.1) is 0 Å². The molecule has 3 aliphatic rings. The van der Waals surface area contributed by atoms with E-state index < -0.39 is 23.9 Å². The third kappa shape index (κ3) is 2.85. The molecule has 1 saturated carbocycles. The number of fused-ring (bicyclic) bond motifs is 1. The molecule has 3 heterocycles. The van der Waals surface area contributed by atoms with Gasteiger partial charge in [-0.25, -0.2) is 4.98 Å². The number of alkyl halides is 3. The van der Waals surface area contributed by atoms with E-state index in [2.05, 4.69) is 9.97 Å². The van der Waals surface area contributed by atoms with Crippen LogP contribution >= 0.6 is 0 Å². The van der Waals surface area contributed by atoms with E-state index in [1.165, 1.54) is 0 Å². The number of carboxylic acids is 1. The first-order valence-electron chi connectivity index (χ1n) is 8.53. The van der Waals surface area contributed by atoms with Crippen LogP contribution in [0.15, 0.2) is 6.07 Å². The number of rotatable bonds is 4. The van der Waals surface area contributed by atoms with E-state index in [0.717, 1.165) is 6.07 Å². The summed E-state index contributed by atoms with van der Waals surface area (Å²) < 4.78 is 39.7. The van der Waals surface area contributed by atoms with Crippen LogP contribution in [-0.4, -0.2) is 57.9 Å².